The molecule has 29 heavy (non-hydrogen) atoms. The molecule has 0 saturated heterocycles. The van der Waals surface area contributed by atoms with Crippen LogP contribution in [0, 0.1) is 0 Å². The number of benzene rings is 2. The van der Waals surface area contributed by atoms with E-state index >= 15 is 0 Å². The van der Waals surface area contributed by atoms with Crippen LogP contribution in [-0.2, 0) is 17.9 Å². The number of hydrogen-bond donors (Lipinski definition) is 0. The van der Waals surface area contributed by atoms with Crippen LogP contribution < -0.4 is 9.47 Å². The zero-order valence-corrected chi connectivity index (χ0v) is 16.8. The molecule has 6 nitrogen and oxygen atoms in total. The molecule has 0 radical (unpaired) electrons. The van der Waals surface area contributed by atoms with E-state index in [0.717, 1.165) is 28.0 Å². The number of nitrogens with zero attached hydrogens (tertiary/aromatic N) is 1. The molecule has 0 unspecified atom stereocenters. The first-order valence-corrected chi connectivity index (χ1v) is 9.97. The molecule has 1 aliphatic heterocycles. The molecule has 0 fully saturated rings. The van der Waals surface area contributed by atoms with Gasteiger partial charge in [0.05, 0.1) is 6.61 Å². The Hall–Kier alpha value is -2.99. The van der Waals surface area contributed by atoms with E-state index in [1.54, 1.807) is 4.90 Å². The normalized spacial score (nSPS) is 12.9. The second-order valence-electron chi connectivity index (χ2n) is 6.84. The predicted molar refractivity (Wildman–Crippen MR) is 109 cm³/mol. The minimum Gasteiger partial charge on any atom is -0.486 e. The predicted octanol–water partition coefficient (Wildman–Crippen LogP) is 4.40. The molecule has 0 aliphatic carbocycles. The third kappa shape index (κ3) is 3.93. The van der Waals surface area contributed by atoms with Gasteiger partial charge in [-0.25, -0.2) is 0 Å². The second kappa shape index (κ2) is 8.57. The van der Waals surface area contributed by atoms with Gasteiger partial charge in [-0.2, -0.15) is 0 Å². The van der Waals surface area contributed by atoms with Crippen molar-refractivity contribution in [3.63, 3.8) is 0 Å². The number of para-hydroxylation sites is 1. The van der Waals surface area contributed by atoms with E-state index in [9.17, 15) is 4.79 Å². The molecule has 1 aliphatic rings. The van der Waals surface area contributed by atoms with Crippen LogP contribution in [0.1, 0.15) is 35.5 Å². The summed E-state index contributed by atoms with van der Waals surface area (Å²) in [6.45, 7) is 6.91. The molecule has 0 atom stereocenters. The number of ether oxygens (including phenoxy) is 3. The molecule has 1 amide bonds. The van der Waals surface area contributed by atoms with Crippen LogP contribution in [0.15, 0.2) is 46.9 Å². The average molecular weight is 395 g/mol. The van der Waals surface area contributed by atoms with Gasteiger partial charge in [0.25, 0.3) is 5.91 Å². The van der Waals surface area contributed by atoms with Gasteiger partial charge in [0.15, 0.2) is 17.3 Å². The first kappa shape index (κ1) is 19.3. The number of amides is 1. The van der Waals surface area contributed by atoms with Crippen molar-refractivity contribution in [1.82, 2.24) is 4.90 Å². The number of carbonyl (C=O) groups excluding carboxylic acids is 1. The Morgan fingerprint density at radius 2 is 1.86 bits per heavy atom. The van der Waals surface area contributed by atoms with Gasteiger partial charge >= 0.3 is 0 Å². The number of carbonyl (C=O) groups is 1. The number of rotatable bonds is 7. The number of furan rings is 1. The van der Waals surface area contributed by atoms with E-state index in [1.165, 1.54) is 0 Å². The molecule has 0 bridgehead atoms. The van der Waals surface area contributed by atoms with Crippen LogP contribution in [-0.4, -0.2) is 37.2 Å². The van der Waals surface area contributed by atoms with Crippen molar-refractivity contribution in [2.45, 2.75) is 27.0 Å². The topological polar surface area (TPSA) is 61.1 Å². The molecule has 1 aromatic heterocycles. The van der Waals surface area contributed by atoms with Crippen molar-refractivity contribution in [1.29, 1.82) is 0 Å². The Bertz CT molecular complexity index is 1010. The van der Waals surface area contributed by atoms with E-state index in [0.29, 0.717) is 50.9 Å². The van der Waals surface area contributed by atoms with Crippen molar-refractivity contribution in [3.8, 4) is 11.5 Å². The Kier molecular flexibility index (Phi) is 5.71. The van der Waals surface area contributed by atoms with Gasteiger partial charge in [-0.15, -0.1) is 0 Å². The first-order valence-electron chi connectivity index (χ1n) is 9.97. The fourth-order valence-corrected chi connectivity index (χ4v) is 3.50. The van der Waals surface area contributed by atoms with E-state index in [2.05, 4.69) is 0 Å². The largest absolute Gasteiger partial charge is 0.486 e. The van der Waals surface area contributed by atoms with Crippen LogP contribution >= 0.6 is 0 Å². The second-order valence-corrected chi connectivity index (χ2v) is 6.84. The quantitative estimate of drug-likeness (QED) is 0.593. The minimum absolute atomic E-state index is 0.145. The van der Waals surface area contributed by atoms with E-state index in [-0.39, 0.29) is 5.91 Å². The Balaban J connectivity index is 1.62. The smallest absolute Gasteiger partial charge is 0.290 e. The SMILES string of the molecule is CCOCc1c(C(=O)N(CC)Cc2ccc3c(c2)OCCO3)oc2ccccc12. The maximum atomic E-state index is 13.3. The van der Waals surface area contributed by atoms with Gasteiger partial charge in [-0.1, -0.05) is 24.3 Å². The zero-order valence-electron chi connectivity index (χ0n) is 16.8. The summed E-state index contributed by atoms with van der Waals surface area (Å²) in [6.07, 6.45) is 0. The molecule has 0 spiro atoms. The molecule has 2 heterocycles. The average Bonchev–Trinajstić information content (AvgIpc) is 3.14. The Morgan fingerprint density at radius 3 is 2.66 bits per heavy atom. The van der Waals surface area contributed by atoms with Gasteiger partial charge in [-0.05, 0) is 37.6 Å². The molecule has 3 aromatic rings. The summed E-state index contributed by atoms with van der Waals surface area (Å²) in [5, 5.41) is 0.916. The Labute approximate surface area is 170 Å². The monoisotopic (exact) mass is 395 g/mol. The highest BCUT2D eigenvalue weighted by Gasteiger charge is 2.25. The maximum Gasteiger partial charge on any atom is 0.290 e. The third-order valence-corrected chi connectivity index (χ3v) is 4.99. The highest BCUT2D eigenvalue weighted by molar-refractivity contribution is 5.99. The van der Waals surface area contributed by atoms with E-state index in [1.807, 2.05) is 56.3 Å². The number of fused-ring (bicyclic) bond motifs is 2. The summed E-state index contributed by atoms with van der Waals surface area (Å²) in [5.41, 5.74) is 2.47. The van der Waals surface area contributed by atoms with Crippen molar-refractivity contribution in [3.05, 3.63) is 59.4 Å². The lowest BCUT2D eigenvalue weighted by Crippen LogP contribution is -2.30. The maximum absolute atomic E-state index is 13.3. The molecular weight excluding hydrogens is 370 g/mol. The van der Waals surface area contributed by atoms with Crippen molar-refractivity contribution >= 4 is 16.9 Å². The lowest BCUT2D eigenvalue weighted by Gasteiger charge is -2.23. The standard InChI is InChI=1S/C23H25NO5/c1-3-24(14-16-9-10-20-21(13-16)28-12-11-27-20)23(25)22-18(15-26-4-2)17-7-5-6-8-19(17)29-22/h5-10,13H,3-4,11-12,14-15H2,1-2H3. The van der Waals surface area contributed by atoms with Gasteiger partial charge in [0.1, 0.15) is 18.8 Å². The molecular formula is C23H25NO5. The first-order chi connectivity index (χ1) is 14.2. The molecule has 2 aromatic carbocycles. The van der Waals surface area contributed by atoms with Crippen molar-refractivity contribution in [2.75, 3.05) is 26.4 Å². The summed E-state index contributed by atoms with van der Waals surface area (Å²) in [4.78, 5) is 15.1. The van der Waals surface area contributed by atoms with Gasteiger partial charge in [-0.3, -0.25) is 4.79 Å². The van der Waals surface area contributed by atoms with Crippen LogP contribution in [0.3, 0.4) is 0 Å². The van der Waals surface area contributed by atoms with Gasteiger partial charge in [0, 0.05) is 30.6 Å². The van der Waals surface area contributed by atoms with Gasteiger partial charge in [0.2, 0.25) is 0 Å². The number of hydrogen-bond acceptors (Lipinski definition) is 5. The highest BCUT2D eigenvalue weighted by atomic mass is 16.6. The van der Waals surface area contributed by atoms with Crippen LogP contribution in [0.4, 0.5) is 0 Å². The molecule has 0 saturated carbocycles. The lowest BCUT2D eigenvalue weighted by molar-refractivity contribution is 0.0712. The van der Waals surface area contributed by atoms with Crippen LogP contribution in [0.25, 0.3) is 11.0 Å². The molecule has 4 rings (SSSR count). The highest BCUT2D eigenvalue weighted by Crippen LogP contribution is 2.32. The van der Waals surface area contributed by atoms with Crippen LogP contribution in [0.5, 0.6) is 11.5 Å². The van der Waals surface area contributed by atoms with E-state index in [4.69, 9.17) is 18.6 Å². The zero-order chi connectivity index (χ0) is 20.2. The summed E-state index contributed by atoms with van der Waals surface area (Å²) < 4.78 is 22.8. The minimum atomic E-state index is -0.145. The fourth-order valence-electron chi connectivity index (χ4n) is 3.50. The van der Waals surface area contributed by atoms with Crippen molar-refractivity contribution < 1.29 is 23.4 Å². The van der Waals surface area contributed by atoms with Crippen molar-refractivity contribution in [2.24, 2.45) is 0 Å². The van der Waals surface area contributed by atoms with Crippen LogP contribution in [0.2, 0.25) is 0 Å². The summed E-state index contributed by atoms with van der Waals surface area (Å²) in [7, 11) is 0. The summed E-state index contributed by atoms with van der Waals surface area (Å²) >= 11 is 0. The lowest BCUT2D eigenvalue weighted by atomic mass is 10.1. The molecule has 152 valence electrons. The molecule has 0 N–H and O–H groups in total. The Morgan fingerprint density at radius 1 is 1.07 bits per heavy atom. The van der Waals surface area contributed by atoms with E-state index < -0.39 is 0 Å². The third-order valence-electron chi connectivity index (χ3n) is 4.99. The summed E-state index contributed by atoms with van der Waals surface area (Å²) in [5.74, 6) is 1.66. The summed E-state index contributed by atoms with van der Waals surface area (Å²) in [6, 6.07) is 13.5. The molecule has 6 heteroatoms. The van der Waals surface area contributed by atoms with Gasteiger partial charge < -0.3 is 23.5 Å². The fraction of sp³-hybridized carbons (Fsp3) is 0.348.